The van der Waals surface area contributed by atoms with Crippen molar-refractivity contribution in [1.82, 2.24) is 14.3 Å². The molecule has 0 N–H and O–H groups in total. The van der Waals surface area contributed by atoms with Gasteiger partial charge in [-0.25, -0.2) is 4.39 Å². The maximum absolute atomic E-state index is 13.7. The van der Waals surface area contributed by atoms with Gasteiger partial charge in [-0.05, 0) is 61.2 Å². The number of halogens is 1. The molecule has 0 saturated heterocycles. The Kier molecular flexibility index (Phi) is 5.93. The maximum atomic E-state index is 13.7. The van der Waals surface area contributed by atoms with Crippen LogP contribution in [0, 0.1) is 11.2 Å². The third kappa shape index (κ3) is 3.96. The molecule has 4 aromatic rings. The summed E-state index contributed by atoms with van der Waals surface area (Å²) in [5, 5.41) is 6.39. The topological polar surface area (TPSA) is 39.8 Å². The zero-order valence-electron chi connectivity index (χ0n) is 19.7. The molecule has 32 heavy (non-hydrogen) atoms. The van der Waals surface area contributed by atoms with E-state index in [4.69, 9.17) is 0 Å². The molecular formula is C27H32FN3O. The van der Waals surface area contributed by atoms with Crippen LogP contribution in [0.15, 0.2) is 48.7 Å². The Morgan fingerprint density at radius 2 is 1.59 bits per heavy atom. The minimum Gasteiger partial charge on any atom is -0.313 e. The number of carbonyl (C=O) groups is 1. The van der Waals surface area contributed by atoms with E-state index in [1.165, 1.54) is 22.5 Å². The van der Waals surface area contributed by atoms with Gasteiger partial charge in [-0.3, -0.25) is 4.79 Å². The number of rotatable bonds is 6. The van der Waals surface area contributed by atoms with Crippen molar-refractivity contribution in [2.75, 3.05) is 0 Å². The molecule has 0 amide bonds. The minimum atomic E-state index is -0.521. The van der Waals surface area contributed by atoms with Gasteiger partial charge in [-0.2, -0.15) is 9.78 Å². The van der Waals surface area contributed by atoms with Gasteiger partial charge in [-0.1, -0.05) is 47.5 Å². The standard InChI is InChI=1S/C27H32FN3O/c1-6-8-18(9-7-2)23-14-19-15-25-20(17-29-31(25)26(32)27(3,4)5)16-24(19)30(23)22-12-10-21(28)11-13-22/h10-18H,6-9H2,1-5H3. The molecule has 168 valence electrons. The van der Waals surface area contributed by atoms with Crippen molar-refractivity contribution in [3.8, 4) is 5.69 Å². The molecule has 0 atom stereocenters. The van der Waals surface area contributed by atoms with Gasteiger partial charge in [0, 0.05) is 27.6 Å². The molecule has 0 unspecified atom stereocenters. The molecule has 5 heteroatoms. The van der Waals surface area contributed by atoms with Gasteiger partial charge in [-0.15, -0.1) is 0 Å². The fraction of sp³-hybridized carbons (Fsp3) is 0.407. The predicted octanol–water partition coefficient (Wildman–Crippen LogP) is 7.49. The fourth-order valence-corrected chi connectivity index (χ4v) is 4.55. The van der Waals surface area contributed by atoms with E-state index in [2.05, 4.69) is 41.7 Å². The van der Waals surface area contributed by atoms with Crippen molar-refractivity contribution < 1.29 is 9.18 Å². The highest BCUT2D eigenvalue weighted by Crippen LogP contribution is 2.36. The van der Waals surface area contributed by atoms with Crippen molar-refractivity contribution in [2.24, 2.45) is 5.41 Å². The van der Waals surface area contributed by atoms with Crippen molar-refractivity contribution in [3.05, 3.63) is 60.2 Å². The molecule has 2 aromatic carbocycles. The van der Waals surface area contributed by atoms with Crippen LogP contribution in [0.2, 0.25) is 0 Å². The lowest BCUT2D eigenvalue weighted by Crippen LogP contribution is -2.27. The van der Waals surface area contributed by atoms with Gasteiger partial charge in [0.15, 0.2) is 0 Å². The first-order chi connectivity index (χ1) is 15.2. The number of carbonyl (C=O) groups excluding carboxylic acids is 1. The summed E-state index contributed by atoms with van der Waals surface area (Å²) in [5.74, 6) is 0.146. The van der Waals surface area contributed by atoms with E-state index in [1.54, 1.807) is 6.20 Å². The van der Waals surface area contributed by atoms with Crippen LogP contribution in [0.5, 0.6) is 0 Å². The first-order valence-electron chi connectivity index (χ1n) is 11.6. The van der Waals surface area contributed by atoms with E-state index in [9.17, 15) is 9.18 Å². The van der Waals surface area contributed by atoms with E-state index >= 15 is 0 Å². The van der Waals surface area contributed by atoms with Gasteiger partial charge < -0.3 is 4.57 Å². The summed E-state index contributed by atoms with van der Waals surface area (Å²) in [5.41, 5.74) is 3.55. The van der Waals surface area contributed by atoms with Gasteiger partial charge in [0.25, 0.3) is 5.91 Å². The largest absolute Gasteiger partial charge is 0.313 e. The van der Waals surface area contributed by atoms with Gasteiger partial charge >= 0.3 is 0 Å². The molecule has 0 fully saturated rings. The third-order valence-electron chi connectivity index (χ3n) is 6.13. The molecule has 2 heterocycles. The summed E-state index contributed by atoms with van der Waals surface area (Å²) >= 11 is 0. The monoisotopic (exact) mass is 433 g/mol. The molecular weight excluding hydrogens is 401 g/mol. The number of hydrogen-bond donors (Lipinski definition) is 0. The van der Waals surface area contributed by atoms with Crippen LogP contribution < -0.4 is 0 Å². The highest BCUT2D eigenvalue weighted by Gasteiger charge is 2.26. The molecule has 0 aliphatic heterocycles. The summed E-state index contributed by atoms with van der Waals surface area (Å²) in [6.45, 7) is 10.2. The highest BCUT2D eigenvalue weighted by atomic mass is 19.1. The summed E-state index contributed by atoms with van der Waals surface area (Å²) in [7, 11) is 0. The Morgan fingerprint density at radius 1 is 0.969 bits per heavy atom. The Bertz CT molecular complexity index is 1250. The summed E-state index contributed by atoms with van der Waals surface area (Å²) in [6.07, 6.45) is 6.16. The summed E-state index contributed by atoms with van der Waals surface area (Å²) < 4.78 is 17.5. The Balaban J connectivity index is 1.98. The summed E-state index contributed by atoms with van der Waals surface area (Å²) in [4.78, 5) is 12.9. The van der Waals surface area contributed by atoms with Crippen molar-refractivity contribution in [1.29, 1.82) is 0 Å². The van der Waals surface area contributed by atoms with Crippen molar-refractivity contribution in [2.45, 2.75) is 66.2 Å². The van der Waals surface area contributed by atoms with E-state index < -0.39 is 5.41 Å². The normalized spacial score (nSPS) is 12.3. The molecule has 0 saturated carbocycles. The smallest absolute Gasteiger partial charge is 0.252 e. The second-order valence-corrected chi connectivity index (χ2v) is 9.74. The maximum Gasteiger partial charge on any atom is 0.252 e. The van der Waals surface area contributed by atoms with Crippen molar-refractivity contribution in [3.63, 3.8) is 0 Å². The number of benzene rings is 2. The van der Waals surface area contributed by atoms with Crippen LogP contribution in [-0.4, -0.2) is 20.3 Å². The molecule has 0 radical (unpaired) electrons. The van der Waals surface area contributed by atoms with E-state index in [0.29, 0.717) is 5.92 Å². The van der Waals surface area contributed by atoms with Gasteiger partial charge in [0.05, 0.1) is 17.2 Å². The Morgan fingerprint density at radius 3 is 2.19 bits per heavy atom. The Labute approximate surface area is 189 Å². The lowest BCUT2D eigenvalue weighted by Gasteiger charge is -2.19. The van der Waals surface area contributed by atoms with E-state index in [0.717, 1.165) is 53.2 Å². The zero-order chi connectivity index (χ0) is 23.0. The van der Waals surface area contributed by atoms with Gasteiger partial charge in [0.1, 0.15) is 5.82 Å². The average Bonchev–Trinajstić information content (AvgIpc) is 3.32. The van der Waals surface area contributed by atoms with Crippen LogP contribution in [0.3, 0.4) is 0 Å². The Hall–Kier alpha value is -2.95. The first-order valence-corrected chi connectivity index (χ1v) is 11.6. The SMILES string of the molecule is CCCC(CCC)c1cc2cc3c(cnn3C(=O)C(C)(C)C)cc2n1-c1ccc(F)cc1. The number of hydrogen-bond acceptors (Lipinski definition) is 2. The zero-order valence-corrected chi connectivity index (χ0v) is 19.7. The molecule has 4 nitrogen and oxygen atoms in total. The van der Waals surface area contributed by atoms with E-state index in [1.807, 2.05) is 32.9 Å². The first kappa shape index (κ1) is 22.3. The van der Waals surface area contributed by atoms with Crippen molar-refractivity contribution >= 4 is 27.7 Å². The minimum absolute atomic E-state index is 0.0279. The lowest BCUT2D eigenvalue weighted by molar-refractivity contribution is 0.0755. The molecule has 0 aliphatic carbocycles. The average molecular weight is 434 g/mol. The number of aromatic nitrogens is 3. The second-order valence-electron chi connectivity index (χ2n) is 9.74. The number of nitrogens with zero attached hydrogens (tertiary/aromatic N) is 3. The van der Waals surface area contributed by atoms with Crippen LogP contribution >= 0.6 is 0 Å². The quantitative estimate of drug-likeness (QED) is 0.316. The predicted molar refractivity (Wildman–Crippen MR) is 129 cm³/mol. The number of fused-ring (bicyclic) bond motifs is 2. The molecule has 0 spiro atoms. The van der Waals surface area contributed by atoms with Gasteiger partial charge in [0.2, 0.25) is 0 Å². The highest BCUT2D eigenvalue weighted by molar-refractivity contribution is 6.01. The molecule has 4 rings (SSSR count). The van der Waals surface area contributed by atoms with Crippen LogP contribution in [0.25, 0.3) is 27.5 Å². The molecule has 0 bridgehead atoms. The van der Waals surface area contributed by atoms with Crippen LogP contribution in [0.1, 0.15) is 76.7 Å². The van der Waals surface area contributed by atoms with Crippen LogP contribution in [0.4, 0.5) is 4.39 Å². The third-order valence-corrected chi connectivity index (χ3v) is 6.13. The second kappa shape index (κ2) is 8.53. The van der Waals surface area contributed by atoms with Crippen LogP contribution in [-0.2, 0) is 0 Å². The lowest BCUT2D eigenvalue weighted by atomic mass is 9.94. The fourth-order valence-electron chi connectivity index (χ4n) is 4.55. The molecule has 2 aromatic heterocycles. The molecule has 0 aliphatic rings. The van der Waals surface area contributed by atoms with E-state index in [-0.39, 0.29) is 11.7 Å². The summed E-state index contributed by atoms with van der Waals surface area (Å²) in [6, 6.07) is 13.1.